The molecular formula is C18H29N3. The quantitative estimate of drug-likeness (QED) is 0.917. The van der Waals surface area contributed by atoms with Gasteiger partial charge in [0.05, 0.1) is 0 Å². The Balaban J connectivity index is 1.69. The van der Waals surface area contributed by atoms with Crippen LogP contribution < -0.4 is 5.32 Å². The fourth-order valence-electron chi connectivity index (χ4n) is 4.13. The van der Waals surface area contributed by atoms with E-state index in [2.05, 4.69) is 60.4 Å². The van der Waals surface area contributed by atoms with Gasteiger partial charge >= 0.3 is 0 Å². The number of nitrogens with zero attached hydrogens (tertiary/aromatic N) is 2. The Kier molecular flexibility index (Phi) is 4.63. The number of hydrogen-bond acceptors (Lipinski definition) is 3. The molecule has 2 heterocycles. The van der Waals surface area contributed by atoms with E-state index in [0.29, 0.717) is 6.04 Å². The molecule has 21 heavy (non-hydrogen) atoms. The number of likely N-dealkylation sites (tertiary alicyclic amines) is 1. The molecule has 3 rings (SSSR count). The molecule has 1 aromatic rings. The second-order valence-electron chi connectivity index (χ2n) is 6.80. The van der Waals surface area contributed by atoms with Gasteiger partial charge in [-0.05, 0) is 58.0 Å². The van der Waals surface area contributed by atoms with Gasteiger partial charge in [0.25, 0.3) is 0 Å². The lowest BCUT2D eigenvalue weighted by Crippen LogP contribution is -2.40. The molecule has 0 spiro atoms. The van der Waals surface area contributed by atoms with Crippen molar-refractivity contribution in [1.29, 1.82) is 0 Å². The summed E-state index contributed by atoms with van der Waals surface area (Å²) in [5.41, 5.74) is 2.84. The lowest BCUT2D eigenvalue weighted by molar-refractivity contribution is 0.207. The Morgan fingerprint density at radius 3 is 2.71 bits per heavy atom. The highest BCUT2D eigenvalue weighted by Gasteiger charge is 2.35. The number of hydrogen-bond donors (Lipinski definition) is 1. The zero-order valence-electron chi connectivity index (χ0n) is 13.7. The summed E-state index contributed by atoms with van der Waals surface area (Å²) in [5.74, 6) is 0. The van der Waals surface area contributed by atoms with Crippen LogP contribution >= 0.6 is 0 Å². The molecule has 2 aliphatic rings. The molecule has 0 radical (unpaired) electrons. The first kappa shape index (κ1) is 15.0. The van der Waals surface area contributed by atoms with Crippen LogP contribution in [0, 0.1) is 6.92 Å². The molecule has 2 saturated heterocycles. The highest BCUT2D eigenvalue weighted by molar-refractivity contribution is 5.29. The van der Waals surface area contributed by atoms with E-state index < -0.39 is 0 Å². The SMILES string of the molecule is CNC(CN1CCC2CCC(C1)N2C)c1ccccc1C. The molecule has 3 atom stereocenters. The number of rotatable bonds is 4. The third-order valence-corrected chi connectivity index (χ3v) is 5.59. The second-order valence-corrected chi connectivity index (χ2v) is 6.80. The molecule has 2 bridgehead atoms. The maximum atomic E-state index is 3.53. The molecule has 3 nitrogen and oxygen atoms in total. The van der Waals surface area contributed by atoms with Gasteiger partial charge in [-0.3, -0.25) is 9.80 Å². The molecule has 116 valence electrons. The zero-order chi connectivity index (χ0) is 14.8. The second kappa shape index (κ2) is 6.47. The minimum absolute atomic E-state index is 0.438. The third kappa shape index (κ3) is 3.15. The van der Waals surface area contributed by atoms with Crippen LogP contribution in [-0.4, -0.2) is 55.6 Å². The van der Waals surface area contributed by atoms with Crippen LogP contribution in [0.5, 0.6) is 0 Å². The minimum atomic E-state index is 0.438. The molecule has 0 amide bonds. The average molecular weight is 287 g/mol. The van der Waals surface area contributed by atoms with Gasteiger partial charge in [-0.2, -0.15) is 0 Å². The normalized spacial score (nSPS) is 28.5. The van der Waals surface area contributed by atoms with Crippen molar-refractivity contribution in [1.82, 2.24) is 15.1 Å². The van der Waals surface area contributed by atoms with Crippen molar-refractivity contribution in [3.63, 3.8) is 0 Å². The van der Waals surface area contributed by atoms with Crippen LogP contribution in [0.25, 0.3) is 0 Å². The van der Waals surface area contributed by atoms with Crippen LogP contribution in [0.15, 0.2) is 24.3 Å². The van der Waals surface area contributed by atoms with Gasteiger partial charge < -0.3 is 5.32 Å². The van der Waals surface area contributed by atoms with Crippen LogP contribution in [0.3, 0.4) is 0 Å². The predicted octanol–water partition coefficient (Wildman–Crippen LogP) is 2.42. The van der Waals surface area contributed by atoms with E-state index in [0.717, 1.165) is 18.6 Å². The van der Waals surface area contributed by atoms with Crippen molar-refractivity contribution in [2.45, 2.75) is 44.3 Å². The summed E-state index contributed by atoms with van der Waals surface area (Å²) < 4.78 is 0. The maximum Gasteiger partial charge on any atom is 0.0449 e. The summed E-state index contributed by atoms with van der Waals surface area (Å²) in [4.78, 5) is 5.30. The molecule has 0 aliphatic carbocycles. The van der Waals surface area contributed by atoms with Crippen LogP contribution in [0.1, 0.15) is 36.4 Å². The molecule has 2 aliphatic heterocycles. The Labute approximate surface area is 129 Å². The highest BCUT2D eigenvalue weighted by atomic mass is 15.3. The number of likely N-dealkylation sites (N-methyl/N-ethyl adjacent to an activating group) is 2. The standard InChI is InChI=1S/C18H29N3/c1-14-6-4-5-7-17(14)18(19-2)13-21-11-10-15-8-9-16(12-21)20(15)3/h4-7,15-16,18-19H,8-13H2,1-3H3. The van der Waals surface area contributed by atoms with Gasteiger partial charge in [-0.25, -0.2) is 0 Å². The first-order valence-corrected chi connectivity index (χ1v) is 8.36. The molecule has 3 unspecified atom stereocenters. The van der Waals surface area contributed by atoms with E-state index in [1.54, 1.807) is 0 Å². The topological polar surface area (TPSA) is 18.5 Å². The number of benzene rings is 1. The van der Waals surface area contributed by atoms with E-state index in [1.165, 1.54) is 43.5 Å². The maximum absolute atomic E-state index is 3.53. The van der Waals surface area contributed by atoms with Gasteiger partial charge in [-0.1, -0.05) is 24.3 Å². The smallest absolute Gasteiger partial charge is 0.0449 e. The average Bonchev–Trinajstić information content (AvgIpc) is 2.73. The fraction of sp³-hybridized carbons (Fsp3) is 0.667. The van der Waals surface area contributed by atoms with Gasteiger partial charge in [0.15, 0.2) is 0 Å². The van der Waals surface area contributed by atoms with E-state index in [9.17, 15) is 0 Å². The van der Waals surface area contributed by atoms with Crippen LogP contribution in [-0.2, 0) is 0 Å². The molecule has 1 aromatic carbocycles. The fourth-order valence-corrected chi connectivity index (χ4v) is 4.13. The third-order valence-electron chi connectivity index (χ3n) is 5.59. The van der Waals surface area contributed by atoms with Crippen molar-refractivity contribution >= 4 is 0 Å². The van der Waals surface area contributed by atoms with Crippen molar-refractivity contribution in [3.05, 3.63) is 35.4 Å². The van der Waals surface area contributed by atoms with E-state index in [1.807, 2.05) is 0 Å². The van der Waals surface area contributed by atoms with Crippen molar-refractivity contribution in [2.24, 2.45) is 0 Å². The molecule has 0 saturated carbocycles. The Morgan fingerprint density at radius 1 is 1.19 bits per heavy atom. The molecule has 3 heteroatoms. The van der Waals surface area contributed by atoms with Crippen LogP contribution in [0.4, 0.5) is 0 Å². The summed E-state index contributed by atoms with van der Waals surface area (Å²) in [7, 11) is 4.41. The Morgan fingerprint density at radius 2 is 1.95 bits per heavy atom. The Hall–Kier alpha value is -0.900. The molecule has 1 N–H and O–H groups in total. The number of nitrogens with one attached hydrogen (secondary N) is 1. The Bertz CT molecular complexity index is 473. The first-order valence-electron chi connectivity index (χ1n) is 8.36. The van der Waals surface area contributed by atoms with E-state index >= 15 is 0 Å². The lowest BCUT2D eigenvalue weighted by Gasteiger charge is -2.30. The monoisotopic (exact) mass is 287 g/mol. The predicted molar refractivity (Wildman–Crippen MR) is 88.6 cm³/mol. The van der Waals surface area contributed by atoms with E-state index in [4.69, 9.17) is 0 Å². The minimum Gasteiger partial charge on any atom is -0.312 e. The summed E-state index contributed by atoms with van der Waals surface area (Å²) in [6, 6.07) is 10.8. The van der Waals surface area contributed by atoms with Gasteiger partial charge in [-0.15, -0.1) is 0 Å². The van der Waals surface area contributed by atoms with Gasteiger partial charge in [0.2, 0.25) is 0 Å². The summed E-state index contributed by atoms with van der Waals surface area (Å²) in [6.45, 7) is 5.82. The number of fused-ring (bicyclic) bond motifs is 2. The van der Waals surface area contributed by atoms with Crippen molar-refractivity contribution < 1.29 is 0 Å². The molecule has 2 fully saturated rings. The highest BCUT2D eigenvalue weighted by Crippen LogP contribution is 2.29. The van der Waals surface area contributed by atoms with Crippen molar-refractivity contribution in [3.8, 4) is 0 Å². The summed E-state index contributed by atoms with van der Waals surface area (Å²) in [6.07, 6.45) is 4.12. The van der Waals surface area contributed by atoms with Crippen molar-refractivity contribution in [2.75, 3.05) is 33.7 Å². The molecular weight excluding hydrogens is 258 g/mol. The zero-order valence-corrected chi connectivity index (χ0v) is 13.7. The van der Waals surface area contributed by atoms with E-state index in [-0.39, 0.29) is 0 Å². The number of aryl methyl sites for hydroxylation is 1. The summed E-state index contributed by atoms with van der Waals surface area (Å²) in [5, 5.41) is 3.53. The lowest BCUT2D eigenvalue weighted by atomic mass is 10.00. The van der Waals surface area contributed by atoms with Gasteiger partial charge in [0, 0.05) is 31.2 Å². The summed E-state index contributed by atoms with van der Waals surface area (Å²) >= 11 is 0. The largest absolute Gasteiger partial charge is 0.312 e. The van der Waals surface area contributed by atoms with Gasteiger partial charge in [0.1, 0.15) is 0 Å². The molecule has 0 aromatic heterocycles. The first-order chi connectivity index (χ1) is 10.2. The van der Waals surface area contributed by atoms with Crippen LogP contribution in [0.2, 0.25) is 0 Å².